The average Bonchev–Trinajstić information content (AvgIpc) is 2.56. The largest absolute Gasteiger partial charge is 0.414 e. The van der Waals surface area contributed by atoms with E-state index in [-0.39, 0.29) is 0 Å². The van der Waals surface area contributed by atoms with Crippen LogP contribution in [0.25, 0.3) is 11.1 Å². The van der Waals surface area contributed by atoms with E-state index in [0.29, 0.717) is 11.5 Å². The maximum Gasteiger partial charge on any atom is 0.414 e. The van der Waals surface area contributed by atoms with Crippen LogP contribution in [0.2, 0.25) is 0 Å². The van der Waals surface area contributed by atoms with E-state index < -0.39 is 12.2 Å². The number of benzene rings is 2. The number of hydrogen-bond donors (Lipinski definition) is 0. The average molecular weight is 328 g/mol. The third-order valence-electron chi connectivity index (χ3n) is 3.18. The van der Waals surface area contributed by atoms with Gasteiger partial charge in [0, 0.05) is 28.2 Å². The highest BCUT2D eigenvalue weighted by Crippen LogP contribution is 2.25. The van der Waals surface area contributed by atoms with E-state index >= 15 is 0 Å². The van der Waals surface area contributed by atoms with Gasteiger partial charge >= 0.3 is 12.2 Å². The van der Waals surface area contributed by atoms with Crippen molar-refractivity contribution in [3.8, 4) is 22.6 Å². The Balaban J connectivity index is 2.06. The molecule has 0 atom stereocenters. The molecule has 0 spiro atoms. The molecule has 0 saturated carbocycles. The number of carbonyl (C=O) groups excluding carboxylic acids is 2. The van der Waals surface area contributed by atoms with Crippen molar-refractivity contribution < 1.29 is 19.1 Å². The number of ether oxygens (including phenoxy) is 2. The molecule has 2 rings (SSSR count). The Morgan fingerprint density at radius 1 is 0.625 bits per heavy atom. The topological polar surface area (TPSA) is 59.1 Å². The molecule has 0 unspecified atom stereocenters. The van der Waals surface area contributed by atoms with E-state index in [4.69, 9.17) is 9.47 Å². The Labute approximate surface area is 141 Å². The molecule has 0 aromatic heterocycles. The van der Waals surface area contributed by atoms with Gasteiger partial charge in [0.25, 0.3) is 0 Å². The molecule has 126 valence electrons. The second-order valence-electron chi connectivity index (χ2n) is 5.57. The lowest BCUT2D eigenvalue weighted by Gasteiger charge is -2.12. The molecule has 24 heavy (non-hydrogen) atoms. The van der Waals surface area contributed by atoms with Gasteiger partial charge in [-0.3, -0.25) is 0 Å². The molecule has 2 amide bonds. The lowest BCUT2D eigenvalue weighted by Crippen LogP contribution is -2.25. The summed E-state index contributed by atoms with van der Waals surface area (Å²) in [6.07, 6.45) is -0.843. The van der Waals surface area contributed by atoms with Crippen molar-refractivity contribution in [2.45, 2.75) is 0 Å². The summed E-state index contributed by atoms with van der Waals surface area (Å²) in [6, 6.07) is 14.4. The summed E-state index contributed by atoms with van der Waals surface area (Å²) in [7, 11) is 6.51. The van der Waals surface area contributed by atoms with Gasteiger partial charge < -0.3 is 19.3 Å². The molecule has 0 bridgehead atoms. The third kappa shape index (κ3) is 4.49. The molecule has 0 heterocycles. The molecule has 0 aliphatic heterocycles. The van der Waals surface area contributed by atoms with Gasteiger partial charge in [-0.1, -0.05) is 24.3 Å². The number of nitrogens with zero attached hydrogens (tertiary/aromatic N) is 2. The quantitative estimate of drug-likeness (QED) is 0.865. The van der Waals surface area contributed by atoms with Crippen molar-refractivity contribution in [3.63, 3.8) is 0 Å². The first kappa shape index (κ1) is 17.3. The second-order valence-corrected chi connectivity index (χ2v) is 5.57. The summed E-state index contributed by atoms with van der Waals surface area (Å²) < 4.78 is 10.4. The summed E-state index contributed by atoms with van der Waals surface area (Å²) in [5, 5.41) is 0. The molecule has 0 aliphatic rings. The minimum atomic E-state index is -0.421. The summed E-state index contributed by atoms with van der Waals surface area (Å²) in [4.78, 5) is 25.7. The van der Waals surface area contributed by atoms with Gasteiger partial charge in [-0.25, -0.2) is 9.59 Å². The van der Waals surface area contributed by atoms with E-state index in [2.05, 4.69) is 0 Å². The van der Waals surface area contributed by atoms with E-state index in [0.717, 1.165) is 11.1 Å². The molecule has 6 nitrogen and oxygen atoms in total. The van der Waals surface area contributed by atoms with Crippen LogP contribution in [0.1, 0.15) is 0 Å². The van der Waals surface area contributed by atoms with Gasteiger partial charge in [0.1, 0.15) is 11.5 Å². The van der Waals surface area contributed by atoms with Gasteiger partial charge in [-0.15, -0.1) is 0 Å². The summed E-state index contributed by atoms with van der Waals surface area (Å²) in [6.45, 7) is 0. The normalized spacial score (nSPS) is 10.0. The van der Waals surface area contributed by atoms with Crippen LogP contribution >= 0.6 is 0 Å². The monoisotopic (exact) mass is 328 g/mol. The zero-order valence-corrected chi connectivity index (χ0v) is 14.1. The molecule has 2 aromatic rings. The first-order valence-electron chi connectivity index (χ1n) is 7.35. The zero-order valence-electron chi connectivity index (χ0n) is 14.1. The molecule has 0 fully saturated rings. The Bertz CT molecular complexity index is 643. The fraction of sp³-hybridized carbons (Fsp3) is 0.222. The first-order valence-corrected chi connectivity index (χ1v) is 7.35. The van der Waals surface area contributed by atoms with E-state index in [1.165, 1.54) is 9.80 Å². The van der Waals surface area contributed by atoms with Crippen LogP contribution in [-0.2, 0) is 0 Å². The molecule has 6 heteroatoms. The fourth-order valence-corrected chi connectivity index (χ4v) is 1.82. The van der Waals surface area contributed by atoms with Crippen LogP contribution < -0.4 is 9.47 Å². The zero-order chi connectivity index (χ0) is 17.7. The van der Waals surface area contributed by atoms with Gasteiger partial charge in [0.05, 0.1) is 0 Å². The molecule has 0 saturated heterocycles. The number of hydrogen-bond acceptors (Lipinski definition) is 4. The molecule has 0 N–H and O–H groups in total. The van der Waals surface area contributed by atoms with Crippen molar-refractivity contribution in [1.82, 2.24) is 9.80 Å². The van der Waals surface area contributed by atoms with Gasteiger partial charge in [-0.05, 0) is 35.4 Å². The number of rotatable bonds is 3. The van der Waals surface area contributed by atoms with E-state index in [1.807, 2.05) is 24.3 Å². The second kappa shape index (κ2) is 7.50. The summed E-state index contributed by atoms with van der Waals surface area (Å²) in [5.41, 5.74) is 1.93. The first-order chi connectivity index (χ1) is 11.4. The maximum absolute atomic E-state index is 11.5. The summed E-state index contributed by atoms with van der Waals surface area (Å²) in [5.74, 6) is 0.961. The van der Waals surface area contributed by atoms with Crippen LogP contribution in [0.4, 0.5) is 9.59 Å². The lowest BCUT2D eigenvalue weighted by atomic mass is 10.1. The van der Waals surface area contributed by atoms with Crippen molar-refractivity contribution >= 4 is 12.2 Å². The standard InChI is InChI=1S/C18H20N2O4/c1-19(2)17(21)23-15-9-5-13(6-10-15)14-7-11-16(12-8-14)24-18(22)20(3)4/h5-12H,1-4H3. The third-order valence-corrected chi connectivity index (χ3v) is 3.18. The van der Waals surface area contributed by atoms with Gasteiger partial charge in [-0.2, -0.15) is 0 Å². The number of amides is 2. The SMILES string of the molecule is CN(C)C(=O)Oc1ccc(-c2ccc(OC(=O)N(C)C)cc2)cc1. The van der Waals surface area contributed by atoms with Gasteiger partial charge in [0.15, 0.2) is 0 Å². The van der Waals surface area contributed by atoms with Crippen molar-refractivity contribution in [2.24, 2.45) is 0 Å². The Morgan fingerprint density at radius 2 is 0.917 bits per heavy atom. The van der Waals surface area contributed by atoms with Gasteiger partial charge in [0.2, 0.25) is 0 Å². The highest BCUT2D eigenvalue weighted by atomic mass is 16.6. The van der Waals surface area contributed by atoms with Crippen LogP contribution in [0.15, 0.2) is 48.5 Å². The molecular formula is C18H20N2O4. The van der Waals surface area contributed by atoms with Crippen LogP contribution in [-0.4, -0.2) is 50.2 Å². The maximum atomic E-state index is 11.5. The molecule has 2 aromatic carbocycles. The highest BCUT2D eigenvalue weighted by molar-refractivity contribution is 5.72. The Hall–Kier alpha value is -3.02. The lowest BCUT2D eigenvalue weighted by molar-refractivity contribution is 0.171. The predicted octanol–water partition coefficient (Wildman–Crippen LogP) is 3.47. The molecule has 0 aliphatic carbocycles. The Morgan fingerprint density at radius 3 is 1.17 bits per heavy atom. The van der Waals surface area contributed by atoms with Crippen LogP contribution in [0.3, 0.4) is 0 Å². The number of carbonyl (C=O) groups is 2. The smallest absolute Gasteiger partial charge is 0.410 e. The minimum Gasteiger partial charge on any atom is -0.410 e. The van der Waals surface area contributed by atoms with E-state index in [9.17, 15) is 9.59 Å². The summed E-state index contributed by atoms with van der Waals surface area (Å²) >= 11 is 0. The highest BCUT2D eigenvalue weighted by Gasteiger charge is 2.08. The predicted molar refractivity (Wildman–Crippen MR) is 91.3 cm³/mol. The van der Waals surface area contributed by atoms with Crippen molar-refractivity contribution in [1.29, 1.82) is 0 Å². The fourth-order valence-electron chi connectivity index (χ4n) is 1.82. The molecular weight excluding hydrogens is 308 g/mol. The molecule has 0 radical (unpaired) electrons. The van der Waals surface area contributed by atoms with Crippen LogP contribution in [0.5, 0.6) is 11.5 Å². The Kier molecular flexibility index (Phi) is 5.42. The minimum absolute atomic E-state index is 0.421. The van der Waals surface area contributed by atoms with Crippen molar-refractivity contribution in [2.75, 3.05) is 28.2 Å². The van der Waals surface area contributed by atoms with E-state index in [1.54, 1.807) is 52.5 Å². The van der Waals surface area contributed by atoms with Crippen LogP contribution in [0, 0.1) is 0 Å². The van der Waals surface area contributed by atoms with Crippen molar-refractivity contribution in [3.05, 3.63) is 48.5 Å².